The third-order valence-electron chi connectivity index (χ3n) is 2.57. The Balaban J connectivity index is 1.94. The number of likely N-dealkylation sites (N-methyl/N-ethyl adjacent to an activating group) is 1. The molecule has 2 aromatic heterocycles. The van der Waals surface area contributed by atoms with Gasteiger partial charge in [0.15, 0.2) is 6.29 Å². The molecule has 0 fully saturated rings. The first kappa shape index (κ1) is 12.2. The maximum absolute atomic E-state index is 10.5. The molecular formula is C13H14N4O. The van der Waals surface area contributed by atoms with Gasteiger partial charge in [0.05, 0.1) is 5.56 Å². The molecule has 2 aromatic rings. The number of pyridine rings is 1. The van der Waals surface area contributed by atoms with Gasteiger partial charge in [-0.3, -0.25) is 9.78 Å². The van der Waals surface area contributed by atoms with Crippen LogP contribution in [-0.4, -0.2) is 34.8 Å². The first-order valence-corrected chi connectivity index (χ1v) is 5.68. The van der Waals surface area contributed by atoms with E-state index in [1.807, 2.05) is 30.1 Å². The lowest BCUT2D eigenvalue weighted by atomic mass is 10.2. The summed E-state index contributed by atoms with van der Waals surface area (Å²) < 4.78 is 0. The fourth-order valence-corrected chi connectivity index (χ4v) is 1.52. The van der Waals surface area contributed by atoms with Crippen molar-refractivity contribution in [3.63, 3.8) is 0 Å². The predicted molar refractivity (Wildman–Crippen MR) is 68.6 cm³/mol. The first-order chi connectivity index (χ1) is 8.79. The molecular weight excluding hydrogens is 228 g/mol. The lowest BCUT2D eigenvalue weighted by Gasteiger charge is -2.16. The summed E-state index contributed by atoms with van der Waals surface area (Å²) in [4.78, 5) is 24.9. The van der Waals surface area contributed by atoms with Gasteiger partial charge in [0.25, 0.3) is 0 Å². The van der Waals surface area contributed by atoms with Crippen LogP contribution >= 0.6 is 0 Å². The van der Waals surface area contributed by atoms with Crippen LogP contribution in [0.5, 0.6) is 0 Å². The Bertz CT molecular complexity index is 498. The van der Waals surface area contributed by atoms with E-state index < -0.39 is 0 Å². The van der Waals surface area contributed by atoms with Crippen molar-refractivity contribution in [1.82, 2.24) is 15.0 Å². The summed E-state index contributed by atoms with van der Waals surface area (Å²) in [7, 11) is 1.92. The Hall–Kier alpha value is -2.30. The normalized spacial score (nSPS) is 10.1. The molecule has 0 aliphatic heterocycles. The van der Waals surface area contributed by atoms with Crippen molar-refractivity contribution < 1.29 is 4.79 Å². The molecule has 0 atom stereocenters. The highest BCUT2D eigenvalue weighted by molar-refractivity contribution is 5.73. The minimum absolute atomic E-state index is 0.483. The van der Waals surface area contributed by atoms with Gasteiger partial charge in [-0.05, 0) is 12.1 Å². The second-order valence-electron chi connectivity index (χ2n) is 3.93. The second-order valence-corrected chi connectivity index (χ2v) is 3.93. The number of hydrogen-bond acceptors (Lipinski definition) is 5. The maximum atomic E-state index is 10.5. The van der Waals surface area contributed by atoms with Gasteiger partial charge in [0.2, 0.25) is 5.95 Å². The van der Waals surface area contributed by atoms with Crippen LogP contribution in [0.4, 0.5) is 5.95 Å². The quantitative estimate of drug-likeness (QED) is 0.741. The van der Waals surface area contributed by atoms with Crippen LogP contribution in [0, 0.1) is 0 Å². The fourth-order valence-electron chi connectivity index (χ4n) is 1.52. The highest BCUT2D eigenvalue weighted by atomic mass is 16.1. The zero-order valence-electron chi connectivity index (χ0n) is 10.2. The molecule has 0 aliphatic carbocycles. The second kappa shape index (κ2) is 5.86. The Morgan fingerprint density at radius 3 is 2.61 bits per heavy atom. The van der Waals surface area contributed by atoms with Crippen LogP contribution < -0.4 is 4.90 Å². The number of carbonyl (C=O) groups excluding carboxylic acids is 1. The molecule has 0 N–H and O–H groups in total. The number of carbonyl (C=O) groups is 1. The molecule has 5 heteroatoms. The Morgan fingerprint density at radius 1 is 1.22 bits per heavy atom. The van der Waals surface area contributed by atoms with Crippen LogP contribution in [0.1, 0.15) is 16.1 Å². The van der Waals surface area contributed by atoms with Crippen molar-refractivity contribution in [1.29, 1.82) is 0 Å². The number of rotatable bonds is 5. The van der Waals surface area contributed by atoms with Gasteiger partial charge in [-0.2, -0.15) is 0 Å². The Labute approximate surface area is 106 Å². The van der Waals surface area contributed by atoms with E-state index in [0.717, 1.165) is 24.9 Å². The molecule has 0 saturated heterocycles. The zero-order valence-corrected chi connectivity index (χ0v) is 10.2. The SMILES string of the molecule is CN(CCc1ccccn1)c1ncc(C=O)cn1. The van der Waals surface area contributed by atoms with Crippen LogP contribution in [0.3, 0.4) is 0 Å². The van der Waals surface area contributed by atoms with Crippen LogP contribution in [-0.2, 0) is 6.42 Å². The average Bonchev–Trinajstić information content (AvgIpc) is 2.46. The lowest BCUT2D eigenvalue weighted by molar-refractivity contribution is 0.112. The maximum Gasteiger partial charge on any atom is 0.225 e. The molecule has 0 aliphatic rings. The van der Waals surface area contributed by atoms with E-state index in [4.69, 9.17) is 0 Å². The summed E-state index contributed by atoms with van der Waals surface area (Å²) in [6, 6.07) is 5.86. The predicted octanol–water partition coefficient (Wildman–Crippen LogP) is 1.36. The molecule has 2 rings (SSSR count). The Morgan fingerprint density at radius 2 is 2.00 bits per heavy atom. The summed E-state index contributed by atoms with van der Waals surface area (Å²) in [6.45, 7) is 0.775. The Kier molecular flexibility index (Phi) is 3.96. The van der Waals surface area contributed by atoms with E-state index in [9.17, 15) is 4.79 Å². The van der Waals surface area contributed by atoms with Gasteiger partial charge in [-0.25, -0.2) is 9.97 Å². The number of hydrogen-bond donors (Lipinski definition) is 0. The van der Waals surface area contributed by atoms with E-state index in [-0.39, 0.29) is 0 Å². The van der Waals surface area contributed by atoms with Gasteiger partial charge in [0.1, 0.15) is 0 Å². The highest BCUT2D eigenvalue weighted by Crippen LogP contribution is 2.05. The first-order valence-electron chi connectivity index (χ1n) is 5.68. The van der Waals surface area contributed by atoms with Gasteiger partial charge < -0.3 is 4.90 Å². The van der Waals surface area contributed by atoms with E-state index in [0.29, 0.717) is 11.5 Å². The van der Waals surface area contributed by atoms with Crippen LogP contribution in [0.25, 0.3) is 0 Å². The molecule has 5 nitrogen and oxygen atoms in total. The molecule has 0 unspecified atom stereocenters. The molecule has 0 radical (unpaired) electrons. The largest absolute Gasteiger partial charge is 0.343 e. The number of nitrogens with zero attached hydrogens (tertiary/aromatic N) is 4. The minimum atomic E-state index is 0.483. The standard InChI is InChI=1S/C13H14N4O/c1-17(7-5-12-4-2-3-6-14-12)13-15-8-11(10-18)9-16-13/h2-4,6,8-10H,5,7H2,1H3. The molecule has 0 aromatic carbocycles. The van der Waals surface area contributed by atoms with Crippen molar-refractivity contribution in [3.8, 4) is 0 Å². The van der Waals surface area contributed by atoms with Crippen molar-refractivity contribution in [2.75, 3.05) is 18.5 Å². The zero-order chi connectivity index (χ0) is 12.8. The average molecular weight is 242 g/mol. The number of anilines is 1. The van der Waals surface area contributed by atoms with Crippen molar-refractivity contribution >= 4 is 12.2 Å². The monoisotopic (exact) mass is 242 g/mol. The van der Waals surface area contributed by atoms with Crippen molar-refractivity contribution in [2.24, 2.45) is 0 Å². The van der Waals surface area contributed by atoms with Crippen molar-refractivity contribution in [2.45, 2.75) is 6.42 Å². The summed E-state index contributed by atoms with van der Waals surface area (Å²) in [6.07, 6.45) is 6.39. The summed E-state index contributed by atoms with van der Waals surface area (Å²) in [5.74, 6) is 0.608. The van der Waals surface area contributed by atoms with E-state index in [1.165, 1.54) is 12.4 Å². The molecule has 18 heavy (non-hydrogen) atoms. The van der Waals surface area contributed by atoms with Crippen molar-refractivity contribution in [3.05, 3.63) is 48.0 Å². The van der Waals surface area contributed by atoms with Gasteiger partial charge in [-0.15, -0.1) is 0 Å². The van der Waals surface area contributed by atoms with Crippen LogP contribution in [0.15, 0.2) is 36.8 Å². The third-order valence-corrected chi connectivity index (χ3v) is 2.57. The lowest BCUT2D eigenvalue weighted by Crippen LogP contribution is -2.22. The molecule has 0 spiro atoms. The molecule has 0 bridgehead atoms. The van der Waals surface area contributed by atoms with E-state index in [1.54, 1.807) is 6.20 Å². The molecule has 2 heterocycles. The summed E-state index contributed by atoms with van der Waals surface area (Å²) in [5, 5.41) is 0. The minimum Gasteiger partial charge on any atom is -0.343 e. The van der Waals surface area contributed by atoms with Crippen LogP contribution in [0.2, 0.25) is 0 Å². The van der Waals surface area contributed by atoms with E-state index >= 15 is 0 Å². The highest BCUT2D eigenvalue weighted by Gasteiger charge is 2.04. The van der Waals surface area contributed by atoms with Gasteiger partial charge >= 0.3 is 0 Å². The topological polar surface area (TPSA) is 59.0 Å². The van der Waals surface area contributed by atoms with Gasteiger partial charge in [-0.1, -0.05) is 6.07 Å². The van der Waals surface area contributed by atoms with E-state index in [2.05, 4.69) is 15.0 Å². The summed E-state index contributed by atoms with van der Waals surface area (Å²) >= 11 is 0. The molecule has 0 saturated carbocycles. The number of aldehydes is 1. The fraction of sp³-hybridized carbons (Fsp3) is 0.231. The molecule has 92 valence electrons. The van der Waals surface area contributed by atoms with Gasteiger partial charge in [0, 0.05) is 44.3 Å². The number of aromatic nitrogens is 3. The molecule has 0 amide bonds. The summed E-state index contributed by atoms with van der Waals surface area (Å²) in [5.41, 5.74) is 1.52. The smallest absolute Gasteiger partial charge is 0.225 e. The third kappa shape index (κ3) is 3.10.